The van der Waals surface area contributed by atoms with E-state index in [1.807, 2.05) is 6.07 Å². The third-order valence-electron chi connectivity index (χ3n) is 2.95. The fourth-order valence-electron chi connectivity index (χ4n) is 1.72. The molecule has 0 heterocycles. The SMILES string of the molecule is CCCCNCCOc1cccc(C(C)(C)C)c1. The first-order valence-electron chi connectivity index (χ1n) is 6.98. The normalized spacial score (nSPS) is 11.6. The predicted octanol–water partition coefficient (Wildman–Crippen LogP) is 3.75. The summed E-state index contributed by atoms with van der Waals surface area (Å²) in [6.45, 7) is 11.6. The Balaban J connectivity index is 2.34. The maximum atomic E-state index is 5.76. The van der Waals surface area contributed by atoms with Gasteiger partial charge in [0.25, 0.3) is 0 Å². The first-order valence-corrected chi connectivity index (χ1v) is 6.98. The van der Waals surface area contributed by atoms with Crippen LogP contribution in [0.5, 0.6) is 5.75 Å². The third-order valence-corrected chi connectivity index (χ3v) is 2.95. The van der Waals surface area contributed by atoms with Gasteiger partial charge >= 0.3 is 0 Å². The minimum atomic E-state index is 0.179. The van der Waals surface area contributed by atoms with Crippen LogP contribution in [0, 0.1) is 0 Å². The molecule has 0 atom stereocenters. The first kappa shape index (κ1) is 15.0. The molecular weight excluding hydrogens is 222 g/mol. The minimum Gasteiger partial charge on any atom is -0.492 e. The zero-order chi connectivity index (χ0) is 13.4. The highest BCUT2D eigenvalue weighted by Gasteiger charge is 2.13. The van der Waals surface area contributed by atoms with Gasteiger partial charge in [0.05, 0.1) is 0 Å². The summed E-state index contributed by atoms with van der Waals surface area (Å²) in [5.41, 5.74) is 1.50. The molecule has 1 N–H and O–H groups in total. The topological polar surface area (TPSA) is 21.3 Å². The van der Waals surface area contributed by atoms with Gasteiger partial charge in [-0.05, 0) is 36.1 Å². The zero-order valence-electron chi connectivity index (χ0n) is 12.3. The number of hydrogen-bond acceptors (Lipinski definition) is 2. The molecular formula is C16H27NO. The summed E-state index contributed by atoms with van der Waals surface area (Å²) in [5, 5.41) is 3.38. The molecule has 0 saturated heterocycles. The molecule has 0 spiro atoms. The van der Waals surface area contributed by atoms with E-state index in [9.17, 15) is 0 Å². The quantitative estimate of drug-likeness (QED) is 0.743. The van der Waals surface area contributed by atoms with Gasteiger partial charge in [-0.25, -0.2) is 0 Å². The Kier molecular flexibility index (Phi) is 6.20. The summed E-state index contributed by atoms with van der Waals surface area (Å²) >= 11 is 0. The molecule has 0 aliphatic heterocycles. The maximum absolute atomic E-state index is 5.76. The van der Waals surface area contributed by atoms with Crippen molar-refractivity contribution in [1.29, 1.82) is 0 Å². The highest BCUT2D eigenvalue weighted by atomic mass is 16.5. The van der Waals surface area contributed by atoms with E-state index in [1.54, 1.807) is 0 Å². The minimum absolute atomic E-state index is 0.179. The van der Waals surface area contributed by atoms with Crippen LogP contribution in [0.2, 0.25) is 0 Å². The Morgan fingerprint density at radius 2 is 1.94 bits per heavy atom. The molecule has 1 rings (SSSR count). The molecule has 0 saturated carbocycles. The number of rotatable bonds is 7. The van der Waals surface area contributed by atoms with E-state index in [0.29, 0.717) is 0 Å². The highest BCUT2D eigenvalue weighted by Crippen LogP contribution is 2.25. The standard InChI is InChI=1S/C16H27NO/c1-5-6-10-17-11-12-18-15-9-7-8-14(13-15)16(2,3)4/h7-9,13,17H,5-6,10-12H2,1-4H3. The summed E-state index contributed by atoms with van der Waals surface area (Å²) < 4.78 is 5.76. The van der Waals surface area contributed by atoms with Gasteiger partial charge in [0.2, 0.25) is 0 Å². The first-order chi connectivity index (χ1) is 8.54. The second-order valence-electron chi connectivity index (χ2n) is 5.73. The fraction of sp³-hybridized carbons (Fsp3) is 0.625. The molecule has 1 aromatic rings. The number of ether oxygens (including phenoxy) is 1. The van der Waals surface area contributed by atoms with Crippen molar-refractivity contribution in [3.05, 3.63) is 29.8 Å². The highest BCUT2D eigenvalue weighted by molar-refractivity contribution is 5.32. The van der Waals surface area contributed by atoms with Crippen LogP contribution in [0.25, 0.3) is 0 Å². The molecule has 0 unspecified atom stereocenters. The van der Waals surface area contributed by atoms with Crippen LogP contribution in [0.15, 0.2) is 24.3 Å². The molecule has 0 aliphatic rings. The molecule has 0 fully saturated rings. The van der Waals surface area contributed by atoms with Gasteiger partial charge in [-0.1, -0.05) is 46.2 Å². The maximum Gasteiger partial charge on any atom is 0.119 e. The molecule has 1 aromatic carbocycles. The van der Waals surface area contributed by atoms with Gasteiger partial charge < -0.3 is 10.1 Å². The number of benzene rings is 1. The summed E-state index contributed by atoms with van der Waals surface area (Å²) in [7, 11) is 0. The van der Waals surface area contributed by atoms with Crippen molar-refractivity contribution in [3.63, 3.8) is 0 Å². The summed E-state index contributed by atoms with van der Waals surface area (Å²) in [4.78, 5) is 0. The second-order valence-corrected chi connectivity index (χ2v) is 5.73. The van der Waals surface area contributed by atoms with Gasteiger partial charge in [-0.2, -0.15) is 0 Å². The number of unbranched alkanes of at least 4 members (excludes halogenated alkanes) is 1. The van der Waals surface area contributed by atoms with E-state index in [-0.39, 0.29) is 5.41 Å². The Labute approximate surface area is 112 Å². The van der Waals surface area contributed by atoms with E-state index >= 15 is 0 Å². The largest absolute Gasteiger partial charge is 0.492 e. The van der Waals surface area contributed by atoms with E-state index < -0.39 is 0 Å². The van der Waals surface area contributed by atoms with Crippen LogP contribution in [0.4, 0.5) is 0 Å². The lowest BCUT2D eigenvalue weighted by Gasteiger charge is -2.19. The van der Waals surface area contributed by atoms with Crippen LogP contribution in [-0.4, -0.2) is 19.7 Å². The van der Waals surface area contributed by atoms with Crippen molar-refractivity contribution in [2.75, 3.05) is 19.7 Å². The Morgan fingerprint density at radius 1 is 1.17 bits per heavy atom. The zero-order valence-corrected chi connectivity index (χ0v) is 12.3. The summed E-state index contributed by atoms with van der Waals surface area (Å²) in [6, 6.07) is 8.40. The van der Waals surface area contributed by atoms with Crippen molar-refractivity contribution in [1.82, 2.24) is 5.32 Å². The molecule has 0 aromatic heterocycles. The Morgan fingerprint density at radius 3 is 2.61 bits per heavy atom. The molecule has 102 valence electrons. The Hall–Kier alpha value is -1.02. The van der Waals surface area contributed by atoms with Gasteiger partial charge in [0.1, 0.15) is 12.4 Å². The molecule has 2 heteroatoms. The van der Waals surface area contributed by atoms with Crippen LogP contribution >= 0.6 is 0 Å². The lowest BCUT2D eigenvalue weighted by Crippen LogP contribution is -2.22. The summed E-state index contributed by atoms with van der Waals surface area (Å²) in [5.74, 6) is 0.972. The lowest BCUT2D eigenvalue weighted by molar-refractivity contribution is 0.313. The van der Waals surface area contributed by atoms with Crippen LogP contribution in [-0.2, 0) is 5.41 Å². The predicted molar refractivity (Wildman–Crippen MR) is 78.4 cm³/mol. The smallest absolute Gasteiger partial charge is 0.119 e. The average Bonchev–Trinajstić information content (AvgIpc) is 2.33. The second kappa shape index (κ2) is 7.42. The van der Waals surface area contributed by atoms with Crippen molar-refractivity contribution in [3.8, 4) is 5.75 Å². The Bertz CT molecular complexity index is 341. The van der Waals surface area contributed by atoms with Crippen LogP contribution < -0.4 is 10.1 Å². The molecule has 2 nitrogen and oxygen atoms in total. The van der Waals surface area contributed by atoms with Gasteiger partial charge in [-0.3, -0.25) is 0 Å². The molecule has 18 heavy (non-hydrogen) atoms. The van der Waals surface area contributed by atoms with E-state index in [1.165, 1.54) is 18.4 Å². The average molecular weight is 249 g/mol. The van der Waals surface area contributed by atoms with Crippen molar-refractivity contribution < 1.29 is 4.74 Å². The van der Waals surface area contributed by atoms with E-state index in [2.05, 4.69) is 51.2 Å². The number of hydrogen-bond donors (Lipinski definition) is 1. The van der Waals surface area contributed by atoms with Gasteiger partial charge in [0, 0.05) is 6.54 Å². The fourth-order valence-corrected chi connectivity index (χ4v) is 1.72. The third kappa shape index (κ3) is 5.54. The summed E-state index contributed by atoms with van der Waals surface area (Å²) in [6.07, 6.45) is 2.47. The van der Waals surface area contributed by atoms with Gasteiger partial charge in [-0.15, -0.1) is 0 Å². The van der Waals surface area contributed by atoms with Crippen LogP contribution in [0.3, 0.4) is 0 Å². The van der Waals surface area contributed by atoms with E-state index in [4.69, 9.17) is 4.74 Å². The van der Waals surface area contributed by atoms with E-state index in [0.717, 1.165) is 25.4 Å². The lowest BCUT2D eigenvalue weighted by atomic mass is 9.87. The molecule has 0 aliphatic carbocycles. The molecule has 0 radical (unpaired) electrons. The molecule has 0 amide bonds. The molecule has 0 bridgehead atoms. The van der Waals surface area contributed by atoms with Gasteiger partial charge in [0.15, 0.2) is 0 Å². The van der Waals surface area contributed by atoms with Crippen molar-refractivity contribution in [2.24, 2.45) is 0 Å². The number of nitrogens with one attached hydrogen (secondary N) is 1. The van der Waals surface area contributed by atoms with Crippen molar-refractivity contribution >= 4 is 0 Å². The monoisotopic (exact) mass is 249 g/mol. The van der Waals surface area contributed by atoms with Crippen molar-refractivity contribution in [2.45, 2.75) is 46.0 Å². The van der Waals surface area contributed by atoms with Crippen LogP contribution in [0.1, 0.15) is 46.1 Å².